The van der Waals surface area contributed by atoms with Crippen LogP contribution in [-0.2, 0) is 30.7 Å². The van der Waals surface area contributed by atoms with Crippen molar-refractivity contribution >= 4 is 16.4 Å². The molecule has 1 saturated heterocycles. The number of aliphatic hydroxyl groups is 4. The van der Waals surface area contributed by atoms with E-state index in [-0.39, 0.29) is 18.6 Å². The molecule has 1 aromatic rings. The van der Waals surface area contributed by atoms with E-state index in [4.69, 9.17) is 14.2 Å². The second-order valence-electron chi connectivity index (χ2n) is 6.25. The maximum atomic E-state index is 12.2. The number of carbonyl (C=O) groups excluding carboxylic acids is 1. The van der Waals surface area contributed by atoms with E-state index in [2.05, 4.69) is 8.57 Å². The van der Waals surface area contributed by atoms with Gasteiger partial charge in [0.2, 0.25) is 6.29 Å². The van der Waals surface area contributed by atoms with Crippen molar-refractivity contribution in [3.05, 3.63) is 17.7 Å². The van der Waals surface area contributed by atoms with Gasteiger partial charge in [-0.2, -0.15) is 8.42 Å². The van der Waals surface area contributed by atoms with Gasteiger partial charge in [-0.1, -0.05) is 0 Å². The number of aryl methyl sites for hydroxylation is 1. The molecule has 1 fully saturated rings. The van der Waals surface area contributed by atoms with Gasteiger partial charge in [-0.25, -0.2) is 0 Å². The molecule has 0 aliphatic carbocycles. The Morgan fingerprint density at radius 3 is 2.48 bits per heavy atom. The van der Waals surface area contributed by atoms with Crippen molar-refractivity contribution < 1.29 is 60.9 Å². The van der Waals surface area contributed by atoms with Crippen LogP contribution >= 0.6 is 0 Å². The van der Waals surface area contributed by atoms with Gasteiger partial charge in [-0.3, -0.25) is 4.79 Å². The number of hydrogen-bond acceptors (Lipinski definition) is 12. The van der Waals surface area contributed by atoms with Gasteiger partial charge in [0.1, 0.15) is 30.2 Å². The third-order valence-electron chi connectivity index (χ3n) is 4.31. The Hall–Kier alpha value is -2.07. The van der Waals surface area contributed by atoms with Crippen molar-refractivity contribution in [2.24, 2.45) is 0 Å². The maximum Gasteiger partial charge on any atom is 0.480 e. The normalized spacial score (nSPS) is 29.7. The van der Waals surface area contributed by atoms with Gasteiger partial charge < -0.3 is 38.8 Å². The highest BCUT2D eigenvalue weighted by Gasteiger charge is 2.45. The largest absolute Gasteiger partial charge is 0.480 e. The van der Waals surface area contributed by atoms with Crippen LogP contribution in [-0.4, -0.2) is 72.1 Å². The van der Waals surface area contributed by atoms with E-state index >= 15 is 0 Å². The van der Waals surface area contributed by atoms with Crippen LogP contribution in [0.1, 0.15) is 12.0 Å². The van der Waals surface area contributed by atoms with Crippen molar-refractivity contribution in [1.29, 1.82) is 0 Å². The van der Waals surface area contributed by atoms with Gasteiger partial charge >= 0.3 is 16.4 Å². The zero-order valence-corrected chi connectivity index (χ0v) is 15.3. The molecule has 2 aliphatic rings. The predicted molar refractivity (Wildman–Crippen MR) is 86.5 cm³/mol. The second-order valence-corrected chi connectivity index (χ2v) is 7.36. The van der Waals surface area contributed by atoms with Crippen molar-refractivity contribution in [2.75, 3.05) is 6.61 Å². The number of fused-ring (bicyclic) bond motifs is 1. The third-order valence-corrected chi connectivity index (χ3v) is 4.85. The van der Waals surface area contributed by atoms with Crippen LogP contribution in [0.3, 0.4) is 0 Å². The second kappa shape index (κ2) is 8.35. The Kier molecular flexibility index (Phi) is 6.23. The standard InChI is InChI=1S/C15H17FO12S/c16-28-29(22,23)27-9-3-6-1-2-11(18)24-7(6)4-8(9)25-15-14(21)13(20)12(19)10(5-17)26-15/h3-4,10,12-15,17,19-21H,1-2,5H2/t10-,12-,13+,14-,15-/m1/s1. The molecule has 3 rings (SSSR count). The van der Waals surface area contributed by atoms with E-state index in [1.54, 1.807) is 0 Å². The molecule has 2 aliphatic heterocycles. The van der Waals surface area contributed by atoms with Gasteiger partial charge in [0.15, 0.2) is 11.5 Å². The molecule has 5 atom stereocenters. The summed E-state index contributed by atoms with van der Waals surface area (Å²) in [5.41, 5.74) is 0.342. The van der Waals surface area contributed by atoms with Crippen LogP contribution in [0, 0.1) is 0 Å². The molecule has 162 valence electrons. The summed E-state index contributed by atoms with van der Waals surface area (Å²) >= 11 is 0. The van der Waals surface area contributed by atoms with Crippen LogP contribution in [0.15, 0.2) is 12.1 Å². The van der Waals surface area contributed by atoms with Crippen LogP contribution in [0.4, 0.5) is 4.53 Å². The van der Waals surface area contributed by atoms with Gasteiger partial charge in [0.25, 0.3) is 0 Å². The van der Waals surface area contributed by atoms with E-state index in [1.165, 1.54) is 0 Å². The highest BCUT2D eigenvalue weighted by Crippen LogP contribution is 2.40. The molecule has 4 N–H and O–H groups in total. The minimum absolute atomic E-state index is 0.00567. The van der Waals surface area contributed by atoms with Crippen molar-refractivity contribution in [3.8, 4) is 17.2 Å². The summed E-state index contributed by atoms with van der Waals surface area (Å²) in [4.78, 5) is 11.5. The fourth-order valence-electron chi connectivity index (χ4n) is 2.85. The molecule has 0 unspecified atom stereocenters. The van der Waals surface area contributed by atoms with E-state index < -0.39 is 65.2 Å². The molecular formula is C15H17FO12S. The molecule has 0 saturated carbocycles. The number of esters is 1. The van der Waals surface area contributed by atoms with Crippen LogP contribution in [0.2, 0.25) is 0 Å². The highest BCUT2D eigenvalue weighted by molar-refractivity contribution is 7.82. The number of ether oxygens (including phenoxy) is 3. The van der Waals surface area contributed by atoms with Crippen molar-refractivity contribution in [2.45, 2.75) is 43.5 Å². The van der Waals surface area contributed by atoms with Gasteiger partial charge in [-0.05, 0) is 27.0 Å². The molecular weight excluding hydrogens is 423 g/mol. The number of carbonyl (C=O) groups is 1. The number of rotatable bonds is 6. The molecule has 0 amide bonds. The lowest BCUT2D eigenvalue weighted by Gasteiger charge is -2.39. The third kappa shape index (κ3) is 4.58. The van der Waals surface area contributed by atoms with Gasteiger partial charge in [-0.15, -0.1) is 0 Å². The average molecular weight is 440 g/mol. The van der Waals surface area contributed by atoms with E-state index in [9.17, 15) is 38.2 Å². The molecule has 1 aromatic carbocycles. The average Bonchev–Trinajstić information content (AvgIpc) is 2.68. The fraction of sp³-hybridized carbons (Fsp3) is 0.533. The Balaban J connectivity index is 1.95. The van der Waals surface area contributed by atoms with E-state index in [0.29, 0.717) is 5.56 Å². The van der Waals surface area contributed by atoms with E-state index in [0.717, 1.165) is 12.1 Å². The SMILES string of the molecule is O=C1CCc2cc(OS(=O)(=O)OF)c(O[C@@H]3O[C@H](CO)[C@@H](O)[C@H](O)[C@H]3O)cc2O1. The van der Waals surface area contributed by atoms with Gasteiger partial charge in [0.05, 0.1) is 13.0 Å². The Morgan fingerprint density at radius 1 is 1.10 bits per heavy atom. The van der Waals surface area contributed by atoms with Crippen molar-refractivity contribution in [1.82, 2.24) is 0 Å². The van der Waals surface area contributed by atoms with E-state index in [1.807, 2.05) is 0 Å². The molecule has 0 aromatic heterocycles. The number of hydrogen-bond donors (Lipinski definition) is 4. The maximum absolute atomic E-state index is 12.2. The molecule has 0 bridgehead atoms. The number of aliphatic hydroxyl groups excluding tert-OH is 4. The van der Waals surface area contributed by atoms with Crippen LogP contribution in [0.25, 0.3) is 0 Å². The summed E-state index contributed by atoms with van der Waals surface area (Å²) in [6.45, 7) is -0.736. The first-order chi connectivity index (χ1) is 13.6. The molecule has 14 heteroatoms. The predicted octanol–water partition coefficient (Wildman–Crippen LogP) is -1.76. The van der Waals surface area contributed by atoms with Crippen LogP contribution in [0.5, 0.6) is 17.2 Å². The zero-order chi connectivity index (χ0) is 21.3. The summed E-state index contributed by atoms with van der Waals surface area (Å²) < 4.78 is 57.6. The summed E-state index contributed by atoms with van der Waals surface area (Å²) in [5, 5.41) is 38.9. The lowest BCUT2D eigenvalue weighted by Crippen LogP contribution is -2.60. The first kappa shape index (κ1) is 21.6. The quantitative estimate of drug-likeness (QED) is 0.290. The number of halogens is 1. The summed E-state index contributed by atoms with van der Waals surface area (Å²) in [5.74, 6) is -1.64. The minimum Gasteiger partial charge on any atom is -0.458 e. The smallest absolute Gasteiger partial charge is 0.458 e. The molecule has 29 heavy (non-hydrogen) atoms. The number of benzene rings is 1. The first-order valence-electron chi connectivity index (χ1n) is 8.24. The molecule has 0 radical (unpaired) electrons. The minimum atomic E-state index is -5.11. The summed E-state index contributed by atoms with van der Waals surface area (Å²) in [7, 11) is -5.11. The highest BCUT2D eigenvalue weighted by atomic mass is 32.3. The fourth-order valence-corrected chi connectivity index (χ4v) is 3.23. The monoisotopic (exact) mass is 440 g/mol. The summed E-state index contributed by atoms with van der Waals surface area (Å²) in [6.07, 6.45) is -8.10. The molecule has 2 heterocycles. The van der Waals surface area contributed by atoms with Crippen molar-refractivity contribution in [3.63, 3.8) is 0 Å². The lowest BCUT2D eigenvalue weighted by atomic mass is 9.99. The molecule has 0 spiro atoms. The topological polar surface area (TPSA) is 178 Å². The Labute approximate surface area is 163 Å². The van der Waals surface area contributed by atoms with Crippen LogP contribution < -0.4 is 13.7 Å². The summed E-state index contributed by atoms with van der Waals surface area (Å²) in [6, 6.07) is 2.13. The molecule has 12 nitrogen and oxygen atoms in total. The van der Waals surface area contributed by atoms with Gasteiger partial charge in [0, 0.05) is 6.07 Å². The lowest BCUT2D eigenvalue weighted by molar-refractivity contribution is -0.277. The Bertz CT molecular complexity index is 872. The zero-order valence-electron chi connectivity index (χ0n) is 14.5. The first-order valence-corrected chi connectivity index (χ1v) is 9.58. The Morgan fingerprint density at radius 2 is 1.83 bits per heavy atom.